The van der Waals surface area contributed by atoms with E-state index in [9.17, 15) is 9.18 Å². The highest BCUT2D eigenvalue weighted by Gasteiger charge is 2.27. The number of aliphatic hydroxyl groups excluding tert-OH is 1. The van der Waals surface area contributed by atoms with Gasteiger partial charge in [0.25, 0.3) is 0 Å². The third-order valence-electron chi connectivity index (χ3n) is 3.75. The maximum Gasteiger partial charge on any atom is 0.246 e. The summed E-state index contributed by atoms with van der Waals surface area (Å²) >= 11 is 0. The summed E-state index contributed by atoms with van der Waals surface area (Å²) in [5.74, 6) is -0.569. The molecule has 3 rings (SSSR count). The molecule has 114 valence electrons. The molecule has 0 aliphatic carbocycles. The average molecular weight is 301 g/mol. The van der Waals surface area contributed by atoms with Crippen molar-refractivity contribution < 1.29 is 14.3 Å². The number of benzene rings is 1. The molecule has 6 heteroatoms. The Kier molecular flexibility index (Phi) is 4.02. The Balaban J connectivity index is 1.80. The van der Waals surface area contributed by atoms with Crippen molar-refractivity contribution in [2.45, 2.75) is 6.61 Å². The van der Waals surface area contributed by atoms with Gasteiger partial charge in [0.1, 0.15) is 0 Å². The number of hydrogen-bond acceptors (Lipinski definition) is 4. The number of piperazine rings is 1. The number of halogens is 1. The quantitative estimate of drug-likeness (QED) is 0.935. The fraction of sp³-hybridized carbons (Fsp3) is 0.250. The molecular weight excluding hydrogens is 285 g/mol. The van der Waals surface area contributed by atoms with Crippen molar-refractivity contribution in [1.82, 2.24) is 4.98 Å². The highest BCUT2D eigenvalue weighted by molar-refractivity contribution is 5.97. The van der Waals surface area contributed by atoms with Crippen molar-refractivity contribution in [2.24, 2.45) is 0 Å². The maximum absolute atomic E-state index is 14.3. The molecule has 0 saturated carbocycles. The molecule has 0 radical (unpaired) electrons. The summed E-state index contributed by atoms with van der Waals surface area (Å²) in [6.45, 7) is 0.726. The molecule has 0 unspecified atom stereocenters. The van der Waals surface area contributed by atoms with E-state index in [4.69, 9.17) is 5.11 Å². The molecule has 2 aromatic rings. The van der Waals surface area contributed by atoms with E-state index in [1.807, 2.05) is 6.07 Å². The molecule has 1 saturated heterocycles. The number of rotatable bonds is 3. The van der Waals surface area contributed by atoms with E-state index in [0.29, 0.717) is 18.8 Å². The molecule has 0 atom stereocenters. The molecule has 1 N–H and O–H groups in total. The van der Waals surface area contributed by atoms with Crippen molar-refractivity contribution in [3.63, 3.8) is 0 Å². The van der Waals surface area contributed by atoms with Crippen LogP contribution in [-0.4, -0.2) is 35.6 Å². The minimum atomic E-state index is -0.465. The predicted octanol–water partition coefficient (Wildman–Crippen LogP) is 1.57. The number of amides is 1. The summed E-state index contributed by atoms with van der Waals surface area (Å²) in [6, 6.07) is 8.45. The van der Waals surface area contributed by atoms with Crippen LogP contribution in [0.1, 0.15) is 5.56 Å². The zero-order chi connectivity index (χ0) is 15.5. The molecule has 1 aliphatic heterocycles. The molecule has 1 amide bonds. The number of hydrogen-bond donors (Lipinski definition) is 1. The summed E-state index contributed by atoms with van der Waals surface area (Å²) in [4.78, 5) is 19.7. The number of carbonyl (C=O) groups is 1. The SMILES string of the molecule is O=C1CN(c2cccc(CO)c2F)CCN1c1cccnc1. The first kappa shape index (κ1) is 14.5. The van der Waals surface area contributed by atoms with E-state index < -0.39 is 5.82 Å². The van der Waals surface area contributed by atoms with Gasteiger partial charge in [0.2, 0.25) is 5.91 Å². The van der Waals surface area contributed by atoms with Crippen molar-refractivity contribution in [1.29, 1.82) is 0 Å². The zero-order valence-corrected chi connectivity index (χ0v) is 11.9. The number of pyridine rings is 1. The summed E-state index contributed by atoms with van der Waals surface area (Å²) in [5.41, 5.74) is 1.34. The summed E-state index contributed by atoms with van der Waals surface area (Å²) in [6.07, 6.45) is 3.29. The smallest absolute Gasteiger partial charge is 0.246 e. The Morgan fingerprint density at radius 2 is 2.09 bits per heavy atom. The highest BCUT2D eigenvalue weighted by Crippen LogP contribution is 2.25. The number of nitrogens with zero attached hydrogens (tertiary/aromatic N) is 3. The molecule has 1 aromatic heterocycles. The first-order valence-corrected chi connectivity index (χ1v) is 7.04. The van der Waals surface area contributed by atoms with Gasteiger partial charge in [-0.25, -0.2) is 4.39 Å². The van der Waals surface area contributed by atoms with Crippen LogP contribution in [0.4, 0.5) is 15.8 Å². The number of aliphatic hydroxyl groups is 1. The molecule has 2 heterocycles. The zero-order valence-electron chi connectivity index (χ0n) is 11.9. The third-order valence-corrected chi connectivity index (χ3v) is 3.75. The summed E-state index contributed by atoms with van der Waals surface area (Å²) in [5, 5.41) is 9.14. The lowest BCUT2D eigenvalue weighted by molar-refractivity contribution is -0.117. The molecule has 22 heavy (non-hydrogen) atoms. The van der Waals surface area contributed by atoms with E-state index in [1.54, 1.807) is 40.4 Å². The van der Waals surface area contributed by atoms with Gasteiger partial charge in [-0.3, -0.25) is 9.78 Å². The predicted molar refractivity (Wildman–Crippen MR) is 81.1 cm³/mol. The standard InChI is InChI=1S/C16H16FN3O2/c17-16-12(11-21)3-1-5-14(16)19-7-8-20(15(22)10-19)13-4-2-6-18-9-13/h1-6,9,21H,7-8,10-11H2. The van der Waals surface area contributed by atoms with Crippen LogP contribution in [0.3, 0.4) is 0 Å². The lowest BCUT2D eigenvalue weighted by Gasteiger charge is -2.35. The lowest BCUT2D eigenvalue weighted by atomic mass is 10.1. The van der Waals surface area contributed by atoms with Gasteiger partial charge in [0, 0.05) is 24.8 Å². The summed E-state index contributed by atoms with van der Waals surface area (Å²) in [7, 11) is 0. The first-order valence-electron chi connectivity index (χ1n) is 7.04. The molecular formula is C16H16FN3O2. The number of aromatic nitrogens is 1. The van der Waals surface area contributed by atoms with Gasteiger partial charge in [0.05, 0.1) is 30.7 Å². The van der Waals surface area contributed by atoms with Crippen LogP contribution < -0.4 is 9.80 Å². The molecule has 0 bridgehead atoms. The van der Waals surface area contributed by atoms with Crippen LogP contribution in [0.5, 0.6) is 0 Å². The topological polar surface area (TPSA) is 56.7 Å². The van der Waals surface area contributed by atoms with Crippen molar-refractivity contribution in [3.05, 3.63) is 54.1 Å². The number of anilines is 2. The fourth-order valence-electron chi connectivity index (χ4n) is 2.60. The minimum Gasteiger partial charge on any atom is -0.392 e. The van der Waals surface area contributed by atoms with Crippen molar-refractivity contribution in [3.8, 4) is 0 Å². The second kappa shape index (κ2) is 6.11. The molecule has 1 aliphatic rings. The van der Waals surface area contributed by atoms with Crippen LogP contribution >= 0.6 is 0 Å². The van der Waals surface area contributed by atoms with Crippen LogP contribution in [0, 0.1) is 5.82 Å². The maximum atomic E-state index is 14.3. The molecule has 1 aromatic carbocycles. The summed E-state index contributed by atoms with van der Waals surface area (Å²) < 4.78 is 14.3. The third kappa shape index (κ3) is 2.65. The second-order valence-electron chi connectivity index (χ2n) is 5.09. The largest absolute Gasteiger partial charge is 0.392 e. The first-order chi connectivity index (χ1) is 10.7. The van der Waals surface area contributed by atoms with Gasteiger partial charge in [-0.15, -0.1) is 0 Å². The Morgan fingerprint density at radius 1 is 1.23 bits per heavy atom. The Morgan fingerprint density at radius 3 is 2.77 bits per heavy atom. The second-order valence-corrected chi connectivity index (χ2v) is 5.09. The van der Waals surface area contributed by atoms with Gasteiger partial charge in [-0.2, -0.15) is 0 Å². The Bertz CT molecular complexity index is 678. The van der Waals surface area contributed by atoms with Gasteiger partial charge < -0.3 is 14.9 Å². The van der Waals surface area contributed by atoms with E-state index in [-0.39, 0.29) is 24.6 Å². The fourth-order valence-corrected chi connectivity index (χ4v) is 2.60. The monoisotopic (exact) mass is 301 g/mol. The van der Waals surface area contributed by atoms with Gasteiger partial charge in [0.15, 0.2) is 5.82 Å². The van der Waals surface area contributed by atoms with Crippen LogP contribution in [0.25, 0.3) is 0 Å². The van der Waals surface area contributed by atoms with E-state index in [0.717, 1.165) is 5.69 Å². The van der Waals surface area contributed by atoms with E-state index in [2.05, 4.69) is 4.98 Å². The molecule has 1 fully saturated rings. The molecule has 5 nitrogen and oxygen atoms in total. The lowest BCUT2D eigenvalue weighted by Crippen LogP contribution is -2.51. The van der Waals surface area contributed by atoms with Gasteiger partial charge in [-0.1, -0.05) is 12.1 Å². The normalized spacial score (nSPS) is 15.3. The van der Waals surface area contributed by atoms with Crippen molar-refractivity contribution in [2.75, 3.05) is 29.4 Å². The minimum absolute atomic E-state index is 0.0979. The average Bonchev–Trinajstić information content (AvgIpc) is 2.56. The van der Waals surface area contributed by atoms with Gasteiger partial charge in [-0.05, 0) is 18.2 Å². The van der Waals surface area contributed by atoms with E-state index >= 15 is 0 Å². The van der Waals surface area contributed by atoms with Crippen molar-refractivity contribution >= 4 is 17.3 Å². The Hall–Kier alpha value is -2.47. The van der Waals surface area contributed by atoms with Crippen LogP contribution in [-0.2, 0) is 11.4 Å². The molecule has 0 spiro atoms. The highest BCUT2D eigenvalue weighted by atomic mass is 19.1. The van der Waals surface area contributed by atoms with Crippen LogP contribution in [0.15, 0.2) is 42.7 Å². The number of carbonyl (C=O) groups excluding carboxylic acids is 1. The Labute approximate surface area is 127 Å². The van der Waals surface area contributed by atoms with Crippen LogP contribution in [0.2, 0.25) is 0 Å². The van der Waals surface area contributed by atoms with Gasteiger partial charge >= 0.3 is 0 Å². The van der Waals surface area contributed by atoms with E-state index in [1.165, 1.54) is 6.07 Å².